The maximum Gasteiger partial charge on any atom is 0.181 e. The molecule has 3 rings (SSSR count). The molecule has 0 spiro atoms. The van der Waals surface area contributed by atoms with Crippen molar-refractivity contribution in [3.05, 3.63) is 65.4 Å². The third-order valence-corrected chi connectivity index (χ3v) is 5.41. The Morgan fingerprint density at radius 3 is 2.26 bits per heavy atom. The first-order valence-electron chi connectivity index (χ1n) is 7.69. The number of aromatic nitrogens is 1. The SMILES string of the molecule is COc1cc(-c2ccncc2-c2cc(F)c(S(C)(=O)=O)c(F)c2)ccc1Cl. The summed E-state index contributed by atoms with van der Waals surface area (Å²) in [4.78, 5) is 3.06. The topological polar surface area (TPSA) is 56.3 Å². The van der Waals surface area contributed by atoms with Gasteiger partial charge in [-0.3, -0.25) is 4.98 Å². The van der Waals surface area contributed by atoms with Crippen LogP contribution < -0.4 is 4.74 Å². The van der Waals surface area contributed by atoms with Crippen molar-refractivity contribution in [3.63, 3.8) is 0 Å². The van der Waals surface area contributed by atoms with Crippen LogP contribution in [0.3, 0.4) is 0 Å². The van der Waals surface area contributed by atoms with Crippen molar-refractivity contribution in [1.29, 1.82) is 0 Å². The first-order chi connectivity index (χ1) is 12.7. The Kier molecular flexibility index (Phi) is 5.17. The maximum atomic E-state index is 14.3. The monoisotopic (exact) mass is 409 g/mol. The van der Waals surface area contributed by atoms with E-state index >= 15 is 0 Å². The van der Waals surface area contributed by atoms with E-state index < -0.39 is 26.4 Å². The van der Waals surface area contributed by atoms with E-state index in [0.29, 0.717) is 27.5 Å². The van der Waals surface area contributed by atoms with Crippen molar-refractivity contribution < 1.29 is 21.9 Å². The molecule has 0 unspecified atom stereocenters. The van der Waals surface area contributed by atoms with Crippen LogP contribution in [0.15, 0.2) is 53.7 Å². The Bertz CT molecular complexity index is 1110. The van der Waals surface area contributed by atoms with Gasteiger partial charge in [0.15, 0.2) is 9.84 Å². The first kappa shape index (κ1) is 19.3. The molecule has 0 aliphatic rings. The van der Waals surface area contributed by atoms with Gasteiger partial charge in [-0.25, -0.2) is 17.2 Å². The fourth-order valence-corrected chi connectivity index (χ4v) is 3.79. The summed E-state index contributed by atoms with van der Waals surface area (Å²) in [5, 5.41) is 0.423. The summed E-state index contributed by atoms with van der Waals surface area (Å²) in [6.07, 6.45) is 3.74. The van der Waals surface area contributed by atoms with E-state index in [1.807, 2.05) is 0 Å². The molecule has 0 N–H and O–H groups in total. The Labute approximate surface area is 160 Å². The molecule has 0 atom stereocenters. The zero-order valence-corrected chi connectivity index (χ0v) is 15.9. The standard InChI is InChI=1S/C19H14ClF2NO3S/c1-26-18-9-11(3-4-15(18)20)13-5-6-23-10-14(13)12-7-16(21)19(17(22)8-12)27(2,24)25/h3-10H,1-2H3. The number of methoxy groups -OCH3 is 1. The van der Waals surface area contributed by atoms with Crippen molar-refractivity contribution in [1.82, 2.24) is 4.98 Å². The zero-order valence-electron chi connectivity index (χ0n) is 14.3. The van der Waals surface area contributed by atoms with E-state index in [1.165, 1.54) is 19.5 Å². The lowest BCUT2D eigenvalue weighted by molar-refractivity contribution is 0.415. The highest BCUT2D eigenvalue weighted by molar-refractivity contribution is 7.90. The number of nitrogens with zero attached hydrogens (tertiary/aromatic N) is 1. The molecule has 4 nitrogen and oxygen atoms in total. The fraction of sp³-hybridized carbons (Fsp3) is 0.105. The van der Waals surface area contributed by atoms with E-state index in [9.17, 15) is 17.2 Å². The van der Waals surface area contributed by atoms with E-state index in [2.05, 4.69) is 4.98 Å². The van der Waals surface area contributed by atoms with Gasteiger partial charge in [0, 0.05) is 24.2 Å². The summed E-state index contributed by atoms with van der Waals surface area (Å²) >= 11 is 6.05. The molecule has 0 bridgehead atoms. The molecule has 1 aromatic heterocycles. The number of ether oxygens (including phenoxy) is 1. The van der Waals surface area contributed by atoms with Crippen LogP contribution in [-0.4, -0.2) is 26.8 Å². The Balaban J connectivity index is 2.21. The molecule has 140 valence electrons. The second-order valence-electron chi connectivity index (χ2n) is 5.81. The van der Waals surface area contributed by atoms with Gasteiger partial charge in [-0.2, -0.15) is 0 Å². The maximum absolute atomic E-state index is 14.3. The average Bonchev–Trinajstić information content (AvgIpc) is 2.60. The van der Waals surface area contributed by atoms with Crippen LogP contribution in [0.5, 0.6) is 5.75 Å². The van der Waals surface area contributed by atoms with Crippen LogP contribution in [0, 0.1) is 11.6 Å². The van der Waals surface area contributed by atoms with E-state index in [-0.39, 0.29) is 5.56 Å². The highest BCUT2D eigenvalue weighted by atomic mass is 35.5. The van der Waals surface area contributed by atoms with Gasteiger partial charge in [-0.15, -0.1) is 0 Å². The molecule has 0 aliphatic carbocycles. The van der Waals surface area contributed by atoms with Gasteiger partial charge in [0.1, 0.15) is 22.3 Å². The lowest BCUT2D eigenvalue weighted by Crippen LogP contribution is -2.05. The number of pyridine rings is 1. The molecule has 1 heterocycles. The third kappa shape index (κ3) is 3.79. The Morgan fingerprint density at radius 2 is 1.67 bits per heavy atom. The summed E-state index contributed by atoms with van der Waals surface area (Å²) in [6, 6.07) is 8.71. The number of halogens is 3. The number of hydrogen-bond acceptors (Lipinski definition) is 4. The normalized spacial score (nSPS) is 11.4. The van der Waals surface area contributed by atoms with Crippen LogP contribution in [0.1, 0.15) is 0 Å². The minimum Gasteiger partial charge on any atom is -0.495 e. The summed E-state index contributed by atoms with van der Waals surface area (Å²) in [7, 11) is -2.56. The van der Waals surface area contributed by atoms with Gasteiger partial charge in [0.25, 0.3) is 0 Å². The van der Waals surface area contributed by atoms with E-state index in [4.69, 9.17) is 16.3 Å². The third-order valence-electron chi connectivity index (χ3n) is 3.96. The molecular formula is C19H14ClF2NO3S. The number of benzene rings is 2. The molecule has 8 heteroatoms. The Morgan fingerprint density at radius 1 is 1.00 bits per heavy atom. The molecule has 3 aromatic rings. The van der Waals surface area contributed by atoms with Crippen molar-refractivity contribution >= 4 is 21.4 Å². The van der Waals surface area contributed by atoms with Crippen LogP contribution in [0.2, 0.25) is 5.02 Å². The van der Waals surface area contributed by atoms with Crippen molar-refractivity contribution in [2.45, 2.75) is 4.90 Å². The minimum absolute atomic E-state index is 0.161. The molecule has 27 heavy (non-hydrogen) atoms. The summed E-state index contributed by atoms with van der Waals surface area (Å²) in [6.45, 7) is 0. The quantitative estimate of drug-likeness (QED) is 0.623. The molecule has 0 saturated carbocycles. The highest BCUT2D eigenvalue weighted by Crippen LogP contribution is 2.36. The second kappa shape index (κ2) is 7.25. The number of sulfone groups is 1. The summed E-state index contributed by atoms with van der Waals surface area (Å²) in [5.41, 5.74) is 1.92. The smallest absolute Gasteiger partial charge is 0.181 e. The molecular weight excluding hydrogens is 396 g/mol. The van der Waals surface area contributed by atoms with Gasteiger partial charge in [-0.05, 0) is 47.0 Å². The lowest BCUT2D eigenvalue weighted by Gasteiger charge is -2.13. The molecule has 0 amide bonds. The van der Waals surface area contributed by atoms with Crippen molar-refractivity contribution in [2.24, 2.45) is 0 Å². The first-order valence-corrected chi connectivity index (χ1v) is 9.96. The van der Waals surface area contributed by atoms with Crippen LogP contribution in [0.25, 0.3) is 22.3 Å². The molecule has 0 saturated heterocycles. The van der Waals surface area contributed by atoms with Gasteiger partial charge in [0.05, 0.1) is 12.1 Å². The average molecular weight is 410 g/mol. The van der Waals surface area contributed by atoms with Crippen LogP contribution in [-0.2, 0) is 9.84 Å². The van der Waals surface area contributed by atoms with Gasteiger partial charge in [-0.1, -0.05) is 17.7 Å². The lowest BCUT2D eigenvalue weighted by atomic mass is 9.96. The predicted molar refractivity (Wildman–Crippen MR) is 99.7 cm³/mol. The fourth-order valence-electron chi connectivity index (χ4n) is 2.77. The second-order valence-corrected chi connectivity index (χ2v) is 8.17. The minimum atomic E-state index is -4.04. The zero-order chi connectivity index (χ0) is 19.8. The predicted octanol–water partition coefficient (Wildman–Crippen LogP) is 4.76. The molecule has 0 radical (unpaired) electrons. The van der Waals surface area contributed by atoms with E-state index in [0.717, 1.165) is 18.4 Å². The van der Waals surface area contributed by atoms with Crippen molar-refractivity contribution in [3.8, 4) is 28.0 Å². The van der Waals surface area contributed by atoms with Gasteiger partial charge >= 0.3 is 0 Å². The molecule has 0 fully saturated rings. The molecule has 2 aromatic carbocycles. The van der Waals surface area contributed by atoms with Crippen LogP contribution >= 0.6 is 11.6 Å². The Hall–Kier alpha value is -2.51. The van der Waals surface area contributed by atoms with Gasteiger partial charge in [0.2, 0.25) is 0 Å². The van der Waals surface area contributed by atoms with E-state index in [1.54, 1.807) is 24.3 Å². The summed E-state index contributed by atoms with van der Waals surface area (Å²) in [5.74, 6) is -1.87. The number of rotatable bonds is 4. The van der Waals surface area contributed by atoms with Gasteiger partial charge < -0.3 is 4.74 Å². The highest BCUT2D eigenvalue weighted by Gasteiger charge is 2.22. The summed E-state index contributed by atoms with van der Waals surface area (Å²) < 4.78 is 57.0. The molecule has 0 aliphatic heterocycles. The number of hydrogen-bond donors (Lipinski definition) is 0. The largest absolute Gasteiger partial charge is 0.495 e. The van der Waals surface area contributed by atoms with Crippen LogP contribution in [0.4, 0.5) is 8.78 Å². The van der Waals surface area contributed by atoms with Crippen molar-refractivity contribution in [2.75, 3.05) is 13.4 Å².